The largest absolute Gasteiger partial charge is 0.534 e. The number of fused-ring (bicyclic) bond motifs is 1. The summed E-state index contributed by atoms with van der Waals surface area (Å²) in [5.74, 6) is -0.0522. The van der Waals surface area contributed by atoms with Gasteiger partial charge in [0.2, 0.25) is 0 Å². The van der Waals surface area contributed by atoms with E-state index in [9.17, 15) is 21.6 Å². The molecule has 0 bridgehead atoms. The fraction of sp³-hybridized carbons (Fsp3) is 0.111. The molecule has 0 unspecified atom stereocenters. The summed E-state index contributed by atoms with van der Waals surface area (Å²) in [6.45, 7) is 0. The molecule has 4 nitrogen and oxygen atoms in total. The fourth-order valence-corrected chi connectivity index (χ4v) is 3.09. The number of hydrogen-bond acceptors (Lipinski definition) is 4. The molecule has 8 heteroatoms. The van der Waals surface area contributed by atoms with Crippen molar-refractivity contribution in [3.63, 3.8) is 0 Å². The highest BCUT2D eigenvalue weighted by Gasteiger charge is 2.48. The molecule has 136 valence electrons. The topological polar surface area (TPSA) is 52.6 Å². The molecular weight excluding hydrogens is 369 g/mol. The van der Waals surface area contributed by atoms with Crippen molar-refractivity contribution in [2.45, 2.75) is 5.51 Å². The van der Waals surface area contributed by atoms with Crippen LogP contribution in [0.2, 0.25) is 0 Å². The van der Waals surface area contributed by atoms with E-state index in [1.54, 1.807) is 30.3 Å². The van der Waals surface area contributed by atoms with E-state index in [0.717, 1.165) is 5.39 Å². The number of hydrogen-bond donors (Lipinski definition) is 0. The minimum atomic E-state index is -5.79. The first-order chi connectivity index (χ1) is 12.2. The van der Waals surface area contributed by atoms with Crippen molar-refractivity contribution >= 4 is 20.9 Å². The maximum Gasteiger partial charge on any atom is 0.534 e. The molecule has 3 aromatic rings. The molecule has 26 heavy (non-hydrogen) atoms. The second-order valence-electron chi connectivity index (χ2n) is 5.34. The molecule has 0 aromatic heterocycles. The highest BCUT2D eigenvalue weighted by molar-refractivity contribution is 7.88. The zero-order valence-electron chi connectivity index (χ0n) is 13.4. The molecule has 0 aliphatic heterocycles. The van der Waals surface area contributed by atoms with Crippen molar-refractivity contribution in [3.05, 3.63) is 60.7 Å². The van der Waals surface area contributed by atoms with Crippen LogP contribution in [0.5, 0.6) is 11.5 Å². The molecule has 0 radical (unpaired) electrons. The van der Waals surface area contributed by atoms with Crippen molar-refractivity contribution in [3.8, 4) is 22.6 Å². The molecule has 0 aliphatic rings. The van der Waals surface area contributed by atoms with Gasteiger partial charge in [0.1, 0.15) is 5.75 Å². The smallest absolute Gasteiger partial charge is 0.496 e. The summed E-state index contributed by atoms with van der Waals surface area (Å²) in [6, 6.07) is 16.2. The second kappa shape index (κ2) is 6.53. The van der Waals surface area contributed by atoms with Gasteiger partial charge in [0, 0.05) is 11.1 Å². The third-order valence-electron chi connectivity index (χ3n) is 3.75. The molecule has 0 fully saturated rings. The maximum atomic E-state index is 12.7. The zero-order valence-corrected chi connectivity index (χ0v) is 14.3. The first-order valence-corrected chi connectivity index (χ1v) is 8.81. The van der Waals surface area contributed by atoms with Crippen LogP contribution in [-0.4, -0.2) is 21.0 Å². The predicted octanol–water partition coefficient (Wildman–Crippen LogP) is 4.74. The Balaban J connectivity index is 2.26. The maximum absolute atomic E-state index is 12.7. The normalized spacial score (nSPS) is 12.2. The van der Waals surface area contributed by atoms with Crippen molar-refractivity contribution in [2.24, 2.45) is 0 Å². The number of halogens is 3. The van der Waals surface area contributed by atoms with Gasteiger partial charge >= 0.3 is 15.6 Å². The van der Waals surface area contributed by atoms with Crippen LogP contribution in [0, 0.1) is 0 Å². The number of benzene rings is 3. The number of para-hydroxylation sites is 1. The molecule has 3 rings (SSSR count). The SMILES string of the molecule is COc1ccc2ccccc2c1-c1ccccc1OS(=O)(=O)C(F)(F)F. The Kier molecular flexibility index (Phi) is 4.53. The lowest BCUT2D eigenvalue weighted by atomic mass is 9.96. The molecule has 0 aliphatic carbocycles. The lowest BCUT2D eigenvalue weighted by Gasteiger charge is -2.16. The van der Waals surface area contributed by atoms with Gasteiger partial charge < -0.3 is 8.92 Å². The molecule has 0 saturated heterocycles. The summed E-state index contributed by atoms with van der Waals surface area (Å²) in [7, 11) is -4.37. The monoisotopic (exact) mass is 382 g/mol. The number of ether oxygens (including phenoxy) is 1. The molecule has 0 N–H and O–H groups in total. The van der Waals surface area contributed by atoms with E-state index in [4.69, 9.17) is 4.74 Å². The van der Waals surface area contributed by atoms with Crippen LogP contribution in [0.15, 0.2) is 60.7 Å². The highest BCUT2D eigenvalue weighted by atomic mass is 32.2. The van der Waals surface area contributed by atoms with Crippen LogP contribution in [0.3, 0.4) is 0 Å². The average Bonchev–Trinajstić information content (AvgIpc) is 2.60. The van der Waals surface area contributed by atoms with E-state index in [-0.39, 0.29) is 5.56 Å². The minimum absolute atomic E-state index is 0.175. The summed E-state index contributed by atoms with van der Waals surface area (Å²) in [6.07, 6.45) is 0. The van der Waals surface area contributed by atoms with Crippen molar-refractivity contribution in [2.75, 3.05) is 7.11 Å². The predicted molar refractivity (Wildman–Crippen MR) is 91.5 cm³/mol. The van der Waals surface area contributed by atoms with E-state index in [2.05, 4.69) is 4.18 Å². The van der Waals surface area contributed by atoms with Crippen molar-refractivity contribution < 1.29 is 30.5 Å². The highest BCUT2D eigenvalue weighted by Crippen LogP contribution is 2.42. The summed E-state index contributed by atoms with van der Waals surface area (Å²) >= 11 is 0. The van der Waals surface area contributed by atoms with Crippen LogP contribution in [0.4, 0.5) is 13.2 Å². The van der Waals surface area contributed by atoms with E-state index >= 15 is 0 Å². The van der Waals surface area contributed by atoms with E-state index in [0.29, 0.717) is 16.7 Å². The Morgan fingerprint density at radius 1 is 0.846 bits per heavy atom. The van der Waals surface area contributed by atoms with Gasteiger partial charge in [-0.2, -0.15) is 21.6 Å². The van der Waals surface area contributed by atoms with Gasteiger partial charge in [-0.15, -0.1) is 0 Å². The Morgan fingerprint density at radius 2 is 1.50 bits per heavy atom. The molecular formula is C18H13F3O4S. The molecule has 0 amide bonds. The van der Waals surface area contributed by atoms with Crippen LogP contribution in [0.25, 0.3) is 21.9 Å². The molecule has 0 heterocycles. The number of methoxy groups -OCH3 is 1. The second-order valence-corrected chi connectivity index (χ2v) is 6.88. The van der Waals surface area contributed by atoms with Crippen LogP contribution in [-0.2, 0) is 10.1 Å². The Bertz CT molecular complexity index is 1060. The first kappa shape index (κ1) is 18.1. The Labute approximate surface area is 147 Å². The summed E-state index contributed by atoms with van der Waals surface area (Å²) in [4.78, 5) is 0. The van der Waals surface area contributed by atoms with E-state index in [1.807, 2.05) is 12.1 Å². The van der Waals surface area contributed by atoms with Gasteiger partial charge in [-0.1, -0.05) is 48.5 Å². The van der Waals surface area contributed by atoms with E-state index < -0.39 is 21.4 Å². The standard InChI is InChI=1S/C18H13F3O4S/c1-24-16-11-10-12-6-2-3-7-13(12)17(16)14-8-4-5-9-15(14)25-26(22,23)18(19,20)21/h2-11H,1H3. The van der Waals surface area contributed by atoms with Gasteiger partial charge in [-0.25, -0.2) is 0 Å². The van der Waals surface area contributed by atoms with Crippen LogP contribution in [0.1, 0.15) is 0 Å². The quantitative estimate of drug-likeness (QED) is 0.483. The summed E-state index contributed by atoms with van der Waals surface area (Å²) < 4.78 is 70.8. The molecule has 0 spiro atoms. The summed E-state index contributed by atoms with van der Waals surface area (Å²) in [5, 5.41) is 1.50. The summed E-state index contributed by atoms with van der Waals surface area (Å²) in [5.41, 5.74) is -4.91. The lowest BCUT2D eigenvalue weighted by molar-refractivity contribution is -0.0499. The first-order valence-electron chi connectivity index (χ1n) is 7.40. The van der Waals surface area contributed by atoms with Crippen molar-refractivity contribution in [1.82, 2.24) is 0 Å². The lowest BCUT2D eigenvalue weighted by Crippen LogP contribution is -2.28. The van der Waals surface area contributed by atoms with Crippen LogP contribution < -0.4 is 8.92 Å². The van der Waals surface area contributed by atoms with Gasteiger partial charge in [-0.05, 0) is 22.9 Å². The van der Waals surface area contributed by atoms with Crippen LogP contribution >= 0.6 is 0 Å². The Hall–Kier alpha value is -2.74. The third kappa shape index (κ3) is 3.20. The minimum Gasteiger partial charge on any atom is -0.496 e. The van der Waals surface area contributed by atoms with E-state index in [1.165, 1.54) is 25.3 Å². The number of rotatable bonds is 4. The van der Waals surface area contributed by atoms with Gasteiger partial charge in [0.05, 0.1) is 7.11 Å². The fourth-order valence-electron chi connectivity index (χ4n) is 2.61. The molecule has 0 atom stereocenters. The molecule has 0 saturated carbocycles. The average molecular weight is 382 g/mol. The Morgan fingerprint density at radius 3 is 2.19 bits per heavy atom. The third-order valence-corrected chi connectivity index (χ3v) is 4.72. The van der Waals surface area contributed by atoms with Gasteiger partial charge in [0.15, 0.2) is 5.75 Å². The number of alkyl halides is 3. The van der Waals surface area contributed by atoms with Gasteiger partial charge in [0.25, 0.3) is 0 Å². The molecule has 3 aromatic carbocycles. The van der Waals surface area contributed by atoms with Gasteiger partial charge in [-0.3, -0.25) is 0 Å². The van der Waals surface area contributed by atoms with Crippen molar-refractivity contribution in [1.29, 1.82) is 0 Å². The zero-order chi connectivity index (χ0) is 18.9.